The molecule has 1 aliphatic carbocycles. The second-order valence-corrected chi connectivity index (χ2v) is 13.9. The predicted molar refractivity (Wildman–Crippen MR) is 144 cm³/mol. The maximum atomic E-state index is 13.3. The number of β-lactam (4-membered cyclic amide) rings is 1. The van der Waals surface area contributed by atoms with Crippen molar-refractivity contribution in [2.45, 2.75) is 55.7 Å². The van der Waals surface area contributed by atoms with Crippen LogP contribution in [0.3, 0.4) is 0 Å². The summed E-state index contributed by atoms with van der Waals surface area (Å²) in [5.74, 6) is -4.36. The van der Waals surface area contributed by atoms with Crippen molar-refractivity contribution in [2.24, 2.45) is 10.9 Å². The monoisotopic (exact) mass is 649 g/mol. The minimum atomic E-state index is -5.08. The van der Waals surface area contributed by atoms with Crippen LogP contribution in [0.2, 0.25) is 0 Å². The van der Waals surface area contributed by atoms with Crippen molar-refractivity contribution in [2.75, 3.05) is 18.0 Å². The van der Waals surface area contributed by atoms with E-state index in [1.165, 1.54) is 5.38 Å². The fourth-order valence-electron chi connectivity index (χ4n) is 4.51. The van der Waals surface area contributed by atoms with Gasteiger partial charge < -0.3 is 26.7 Å². The molecule has 2 aliphatic rings. The maximum absolute atomic E-state index is 13.3. The number of nitrogens with zero attached hydrogens (tertiary/aromatic N) is 6. The van der Waals surface area contributed by atoms with E-state index in [0.717, 1.165) is 22.3 Å². The van der Waals surface area contributed by atoms with Crippen LogP contribution in [0.15, 0.2) is 16.7 Å². The Morgan fingerprint density at radius 1 is 1.26 bits per heavy atom. The molecule has 2 aromatic heterocycles. The second kappa shape index (κ2) is 11.9. The van der Waals surface area contributed by atoms with Crippen LogP contribution in [0.1, 0.15) is 37.1 Å². The molecule has 19 nitrogen and oxygen atoms in total. The summed E-state index contributed by atoms with van der Waals surface area (Å²) in [5, 5.41) is 25.0. The summed E-state index contributed by atoms with van der Waals surface area (Å²) in [6.45, 7) is -0.589. The molecule has 0 spiro atoms. The summed E-state index contributed by atoms with van der Waals surface area (Å²) in [6.07, 6.45) is 2.51. The van der Waals surface area contributed by atoms with Crippen LogP contribution >= 0.6 is 11.3 Å². The highest BCUT2D eigenvalue weighted by Gasteiger charge is 2.55. The zero-order valence-corrected chi connectivity index (χ0v) is 24.1. The molecule has 2 amide bonds. The Labute approximate surface area is 242 Å². The smallest absolute Gasteiger partial charge is 0.362 e. The molecule has 2 aromatic rings. The molecular formula is C20H27N9O10S3. The summed E-state index contributed by atoms with van der Waals surface area (Å²) < 4.78 is 57.6. The van der Waals surface area contributed by atoms with Gasteiger partial charge in [-0.1, -0.05) is 5.16 Å². The highest BCUT2D eigenvalue weighted by molar-refractivity contribution is 7.90. The Morgan fingerprint density at radius 3 is 2.52 bits per heavy atom. The molecule has 42 heavy (non-hydrogen) atoms. The van der Waals surface area contributed by atoms with Gasteiger partial charge >= 0.3 is 16.3 Å². The number of aliphatic carboxylic acids is 1. The molecule has 1 aliphatic heterocycles. The number of amides is 2. The molecule has 7 N–H and O–H groups in total. The van der Waals surface area contributed by atoms with Crippen LogP contribution in [-0.2, 0) is 51.7 Å². The Morgan fingerprint density at radius 2 is 1.95 bits per heavy atom. The molecule has 230 valence electrons. The highest BCUT2D eigenvalue weighted by atomic mass is 32.2. The number of carbonyl (C=O) groups excluding carboxylic acids is 2. The number of hydrogen-bond donors (Lipinski definition) is 5. The van der Waals surface area contributed by atoms with Gasteiger partial charge in [0.2, 0.25) is 5.60 Å². The van der Waals surface area contributed by atoms with Crippen molar-refractivity contribution in [3.63, 3.8) is 0 Å². The van der Waals surface area contributed by atoms with Crippen molar-refractivity contribution < 1.29 is 45.7 Å². The topological polar surface area (TPSA) is 292 Å². The number of nitrogens with two attached hydrogens (primary N) is 2. The summed E-state index contributed by atoms with van der Waals surface area (Å²) in [5.41, 5.74) is 8.68. The summed E-state index contributed by atoms with van der Waals surface area (Å²) in [7, 11) is -8.67. The first-order chi connectivity index (χ1) is 19.7. The van der Waals surface area contributed by atoms with Crippen LogP contribution < -0.4 is 16.8 Å². The van der Waals surface area contributed by atoms with Crippen LogP contribution in [-0.4, -0.2) is 104 Å². The van der Waals surface area contributed by atoms with Crippen molar-refractivity contribution in [3.8, 4) is 0 Å². The Balaban J connectivity index is 1.58. The van der Waals surface area contributed by atoms with Crippen LogP contribution in [0.5, 0.6) is 0 Å². The highest BCUT2D eigenvalue weighted by Crippen LogP contribution is 2.34. The average molecular weight is 650 g/mol. The Hall–Kier alpha value is -3.73. The number of anilines is 1. The molecule has 2 atom stereocenters. The number of hydrogen-bond acceptors (Lipinski definition) is 15. The molecule has 22 heteroatoms. The van der Waals surface area contributed by atoms with Crippen molar-refractivity contribution in [3.05, 3.63) is 23.0 Å². The number of nitrogen functional groups attached to an aromatic ring is 1. The summed E-state index contributed by atoms with van der Waals surface area (Å²) >= 11 is 0.945. The van der Waals surface area contributed by atoms with Gasteiger partial charge in [-0.25, -0.2) is 22.5 Å². The zero-order chi connectivity index (χ0) is 30.9. The maximum Gasteiger partial charge on any atom is 0.362 e. The predicted octanol–water partition coefficient (Wildman–Crippen LogP) is -2.49. The number of rotatable bonds is 13. The molecule has 1 saturated heterocycles. The van der Waals surface area contributed by atoms with Crippen molar-refractivity contribution >= 4 is 60.1 Å². The molecule has 0 radical (unpaired) electrons. The number of aromatic nitrogens is 4. The lowest BCUT2D eigenvalue weighted by Gasteiger charge is -2.43. The molecule has 4 rings (SSSR count). The van der Waals surface area contributed by atoms with E-state index in [1.54, 1.807) is 0 Å². The number of carboxylic acids is 1. The van der Waals surface area contributed by atoms with Gasteiger partial charge in [0, 0.05) is 24.8 Å². The molecule has 3 heterocycles. The van der Waals surface area contributed by atoms with Gasteiger partial charge in [0.25, 0.3) is 11.8 Å². The standard InChI is InChI=1S/C20H27N9O10S3/c21-5-6-41(34,35)10-11-7-23-28(26-11)8-13-15(17(31)29(13)42(36,37)38)25-16(30)14(12-9-40-19(22)24-12)27-39-20(18(32)33)3-1-2-4-20/h7,9,13,15H,1-6,8,10,21H2,(H2,22,24)(H,25,30)(H,32,33)(H,36,37,38)/b27-14-/t13-,15+/m1/s1. The molecular weight excluding hydrogens is 622 g/mol. The first-order valence-electron chi connectivity index (χ1n) is 12.3. The molecule has 1 saturated carbocycles. The van der Waals surface area contributed by atoms with Crippen molar-refractivity contribution in [1.29, 1.82) is 0 Å². The fraction of sp³-hybridized carbons (Fsp3) is 0.550. The number of sulfone groups is 1. The third kappa shape index (κ3) is 6.67. The zero-order valence-electron chi connectivity index (χ0n) is 21.7. The minimum Gasteiger partial charge on any atom is -0.478 e. The summed E-state index contributed by atoms with van der Waals surface area (Å²) in [6, 6.07) is -3.00. The number of thiazole rings is 1. The Bertz CT molecular complexity index is 1610. The van der Waals surface area contributed by atoms with E-state index >= 15 is 0 Å². The fourth-order valence-corrected chi connectivity index (χ4v) is 7.01. The van der Waals surface area contributed by atoms with Gasteiger partial charge in [-0.2, -0.15) is 23.4 Å². The number of oxime groups is 1. The number of nitrogens with one attached hydrogen (secondary N) is 1. The van der Waals surface area contributed by atoms with Gasteiger partial charge in [0.1, 0.15) is 17.8 Å². The minimum absolute atomic E-state index is 0.0139. The lowest BCUT2D eigenvalue weighted by molar-refractivity contribution is -0.165. The molecule has 2 fully saturated rings. The number of carbonyl (C=O) groups is 3. The Kier molecular flexibility index (Phi) is 8.82. The quantitative estimate of drug-likeness (QED) is 0.0649. The van der Waals surface area contributed by atoms with Gasteiger partial charge in [0.15, 0.2) is 20.7 Å². The number of carboxylic acid groups (broad SMARTS) is 1. The SMILES string of the molecule is NCCS(=O)(=O)Cc1cnn(C[C@@H]2[C@H](NC(=O)/C(=N\OC3(C(=O)O)CCCC3)c3csc(N)n3)C(=O)N2S(=O)(=O)O)n1. The van der Waals surface area contributed by atoms with E-state index in [0.29, 0.717) is 12.8 Å². The third-order valence-corrected chi connectivity index (χ3v) is 9.74. The van der Waals surface area contributed by atoms with Crippen molar-refractivity contribution in [1.82, 2.24) is 29.6 Å². The van der Waals surface area contributed by atoms with Gasteiger partial charge in [0.05, 0.1) is 29.9 Å². The molecule has 0 bridgehead atoms. The molecule has 0 unspecified atom stereocenters. The van der Waals surface area contributed by atoms with E-state index in [9.17, 15) is 40.9 Å². The first kappa shape index (κ1) is 31.2. The largest absolute Gasteiger partial charge is 0.478 e. The normalized spacial score (nSPS) is 20.8. The van der Waals surface area contributed by atoms with E-state index in [-0.39, 0.29) is 46.0 Å². The second-order valence-electron chi connectivity index (χ2n) is 9.51. The van der Waals surface area contributed by atoms with E-state index in [1.807, 2.05) is 0 Å². The van der Waals surface area contributed by atoms with Crippen LogP contribution in [0.4, 0.5) is 5.13 Å². The summed E-state index contributed by atoms with van der Waals surface area (Å²) in [4.78, 5) is 48.1. The van der Waals surface area contributed by atoms with Gasteiger partial charge in [-0.3, -0.25) is 14.1 Å². The van der Waals surface area contributed by atoms with E-state index in [2.05, 4.69) is 25.7 Å². The van der Waals surface area contributed by atoms with Gasteiger partial charge in [-0.15, -0.1) is 11.3 Å². The lowest BCUT2D eigenvalue weighted by atomic mass is 9.98. The van der Waals surface area contributed by atoms with Crippen LogP contribution in [0, 0.1) is 0 Å². The van der Waals surface area contributed by atoms with Gasteiger partial charge in [-0.05, 0) is 12.8 Å². The molecule has 0 aromatic carbocycles. The van der Waals surface area contributed by atoms with E-state index < -0.39 is 73.6 Å². The third-order valence-electron chi connectivity index (χ3n) is 6.53. The van der Waals surface area contributed by atoms with E-state index in [4.69, 9.17) is 16.3 Å². The van der Waals surface area contributed by atoms with Crippen LogP contribution in [0.25, 0.3) is 0 Å². The first-order valence-corrected chi connectivity index (χ1v) is 16.4. The average Bonchev–Trinajstić information content (AvgIpc) is 3.63. The lowest BCUT2D eigenvalue weighted by Crippen LogP contribution is -2.73.